The smallest absolute Gasteiger partial charge is 0.0780 e. The van der Waals surface area contributed by atoms with Crippen molar-refractivity contribution in [1.29, 1.82) is 0 Å². The number of thioether (sulfide) groups is 1. The van der Waals surface area contributed by atoms with Gasteiger partial charge in [-0.2, -0.15) is 0 Å². The molecule has 0 N–H and O–H groups in total. The van der Waals surface area contributed by atoms with Crippen LogP contribution in [0.1, 0.15) is 19.4 Å². The summed E-state index contributed by atoms with van der Waals surface area (Å²) in [5, 5.41) is 0.566. The van der Waals surface area contributed by atoms with E-state index in [1.165, 1.54) is 10.5 Å². The van der Waals surface area contributed by atoms with Crippen molar-refractivity contribution in [1.82, 2.24) is 0 Å². The van der Waals surface area contributed by atoms with Gasteiger partial charge >= 0.3 is 0 Å². The van der Waals surface area contributed by atoms with Gasteiger partial charge in [0.1, 0.15) is 0 Å². The van der Waals surface area contributed by atoms with E-state index in [9.17, 15) is 0 Å². The van der Waals surface area contributed by atoms with E-state index in [0.717, 1.165) is 19.6 Å². The lowest BCUT2D eigenvalue weighted by molar-refractivity contribution is -0.00235. The first-order valence-corrected chi connectivity index (χ1v) is 7.11. The lowest BCUT2D eigenvalue weighted by Crippen LogP contribution is -2.21. The topological polar surface area (TPSA) is 18.5 Å². The van der Waals surface area contributed by atoms with Gasteiger partial charge in [-0.15, -0.1) is 11.8 Å². The predicted octanol–water partition coefficient (Wildman–Crippen LogP) is 3.15. The molecule has 1 aliphatic heterocycles. The first-order valence-electron chi connectivity index (χ1n) is 6.23. The molecule has 17 heavy (non-hydrogen) atoms. The monoisotopic (exact) mass is 252 g/mol. The minimum atomic E-state index is 0.194. The van der Waals surface area contributed by atoms with E-state index in [1.807, 2.05) is 18.7 Å². The highest BCUT2D eigenvalue weighted by atomic mass is 32.2. The Bertz CT molecular complexity index is 329. The molecule has 1 aliphatic rings. The zero-order valence-corrected chi connectivity index (χ0v) is 11.3. The summed E-state index contributed by atoms with van der Waals surface area (Å²) in [5.74, 6) is 0. The third kappa shape index (κ3) is 3.73. The van der Waals surface area contributed by atoms with Gasteiger partial charge in [0.2, 0.25) is 0 Å². The van der Waals surface area contributed by atoms with Crippen LogP contribution in [0, 0.1) is 0 Å². The average Bonchev–Trinajstić information content (AvgIpc) is 2.76. The van der Waals surface area contributed by atoms with E-state index >= 15 is 0 Å². The normalized spacial score (nSPS) is 20.2. The van der Waals surface area contributed by atoms with Crippen molar-refractivity contribution in [2.24, 2.45) is 0 Å². The van der Waals surface area contributed by atoms with Crippen molar-refractivity contribution in [3.05, 3.63) is 29.8 Å². The van der Waals surface area contributed by atoms with E-state index in [2.05, 4.69) is 31.2 Å². The van der Waals surface area contributed by atoms with Crippen LogP contribution in [0.15, 0.2) is 29.2 Å². The molecule has 0 aromatic heterocycles. The van der Waals surface area contributed by atoms with Crippen LogP contribution < -0.4 is 0 Å². The van der Waals surface area contributed by atoms with Gasteiger partial charge in [-0.3, -0.25) is 0 Å². The highest BCUT2D eigenvalue weighted by Gasteiger charge is 2.22. The van der Waals surface area contributed by atoms with Crippen molar-refractivity contribution in [2.75, 3.05) is 19.8 Å². The molecule has 0 spiro atoms. The molecule has 1 aromatic carbocycles. The largest absolute Gasteiger partial charge is 0.379 e. The van der Waals surface area contributed by atoms with Crippen LogP contribution in [-0.2, 0) is 15.9 Å². The summed E-state index contributed by atoms with van der Waals surface area (Å²) in [5.41, 5.74) is 1.46. The quantitative estimate of drug-likeness (QED) is 0.775. The molecule has 0 saturated heterocycles. The Morgan fingerprint density at radius 1 is 1.41 bits per heavy atom. The van der Waals surface area contributed by atoms with Crippen molar-refractivity contribution in [3.8, 4) is 0 Å². The first kappa shape index (κ1) is 12.9. The van der Waals surface area contributed by atoms with Crippen LogP contribution in [-0.4, -0.2) is 31.2 Å². The molecule has 2 atom stereocenters. The minimum Gasteiger partial charge on any atom is -0.379 e. The van der Waals surface area contributed by atoms with Gasteiger partial charge in [-0.1, -0.05) is 18.2 Å². The molecule has 0 bridgehead atoms. The van der Waals surface area contributed by atoms with Crippen molar-refractivity contribution < 1.29 is 9.47 Å². The summed E-state index contributed by atoms with van der Waals surface area (Å²) in [6.07, 6.45) is 1.32. The molecule has 0 aliphatic carbocycles. The molecule has 1 heterocycles. The molecular formula is C14H20O2S. The molecule has 2 nitrogen and oxygen atoms in total. The lowest BCUT2D eigenvalue weighted by atomic mass is 10.1. The highest BCUT2D eigenvalue weighted by Crippen LogP contribution is 2.36. The van der Waals surface area contributed by atoms with Crippen LogP contribution in [0.2, 0.25) is 0 Å². The molecular weight excluding hydrogens is 232 g/mol. The van der Waals surface area contributed by atoms with E-state index in [0.29, 0.717) is 11.9 Å². The van der Waals surface area contributed by atoms with Crippen molar-refractivity contribution in [3.63, 3.8) is 0 Å². The Morgan fingerprint density at radius 2 is 2.24 bits per heavy atom. The van der Waals surface area contributed by atoms with Crippen LogP contribution in [0.5, 0.6) is 0 Å². The van der Waals surface area contributed by atoms with Crippen molar-refractivity contribution in [2.45, 2.75) is 36.5 Å². The number of ether oxygens (including phenoxy) is 2. The second-order valence-electron chi connectivity index (χ2n) is 4.36. The van der Waals surface area contributed by atoms with Gasteiger partial charge < -0.3 is 9.47 Å². The van der Waals surface area contributed by atoms with Gasteiger partial charge in [0.25, 0.3) is 0 Å². The number of hydrogen-bond acceptors (Lipinski definition) is 3. The average molecular weight is 252 g/mol. The Labute approximate surface area is 108 Å². The number of rotatable bonds is 6. The van der Waals surface area contributed by atoms with Crippen LogP contribution in [0.25, 0.3) is 0 Å². The Morgan fingerprint density at radius 3 is 3.00 bits per heavy atom. The Balaban J connectivity index is 1.73. The van der Waals surface area contributed by atoms with E-state index in [4.69, 9.17) is 9.47 Å². The maximum atomic E-state index is 5.81. The summed E-state index contributed by atoms with van der Waals surface area (Å²) in [6, 6.07) is 8.63. The Kier molecular flexibility index (Phi) is 4.89. The Hall–Kier alpha value is -0.510. The molecule has 2 unspecified atom stereocenters. The molecule has 94 valence electrons. The molecule has 0 amide bonds. The van der Waals surface area contributed by atoms with Gasteiger partial charge in [0, 0.05) is 16.8 Å². The SMILES string of the molecule is CCOCC(C)OCC1Cc2ccccc2S1. The molecule has 2 rings (SSSR count). The number of hydrogen-bond donors (Lipinski definition) is 0. The molecule has 0 saturated carbocycles. The number of benzene rings is 1. The maximum Gasteiger partial charge on any atom is 0.0780 e. The van der Waals surface area contributed by atoms with Crippen molar-refractivity contribution >= 4 is 11.8 Å². The second-order valence-corrected chi connectivity index (χ2v) is 5.70. The van der Waals surface area contributed by atoms with E-state index in [1.54, 1.807) is 0 Å². The predicted molar refractivity (Wildman–Crippen MR) is 71.7 cm³/mol. The molecule has 3 heteroatoms. The lowest BCUT2D eigenvalue weighted by Gasteiger charge is -2.15. The summed E-state index contributed by atoms with van der Waals surface area (Å²) in [7, 11) is 0. The third-order valence-electron chi connectivity index (χ3n) is 2.84. The number of fused-ring (bicyclic) bond motifs is 1. The van der Waals surface area contributed by atoms with Gasteiger partial charge in [0.15, 0.2) is 0 Å². The first-order chi connectivity index (χ1) is 8.29. The summed E-state index contributed by atoms with van der Waals surface area (Å²) in [6.45, 7) is 6.35. The fourth-order valence-electron chi connectivity index (χ4n) is 1.95. The van der Waals surface area contributed by atoms with Gasteiger partial charge in [-0.05, 0) is 31.9 Å². The zero-order chi connectivity index (χ0) is 12.1. The van der Waals surface area contributed by atoms with Crippen LogP contribution in [0.3, 0.4) is 0 Å². The molecule has 1 aromatic rings. The van der Waals surface area contributed by atoms with Gasteiger partial charge in [-0.25, -0.2) is 0 Å². The fraction of sp³-hybridized carbons (Fsp3) is 0.571. The zero-order valence-electron chi connectivity index (χ0n) is 10.5. The highest BCUT2D eigenvalue weighted by molar-refractivity contribution is 8.00. The third-order valence-corrected chi connectivity index (χ3v) is 4.13. The second kappa shape index (κ2) is 6.43. The van der Waals surface area contributed by atoms with Crippen LogP contribution >= 0.6 is 11.8 Å². The maximum absolute atomic E-state index is 5.81. The molecule has 0 fully saturated rings. The molecule has 0 radical (unpaired) electrons. The summed E-state index contributed by atoms with van der Waals surface area (Å²) in [4.78, 5) is 1.42. The minimum absolute atomic E-state index is 0.194. The van der Waals surface area contributed by atoms with Crippen LogP contribution in [0.4, 0.5) is 0 Å². The van der Waals surface area contributed by atoms with Gasteiger partial charge in [0.05, 0.1) is 19.3 Å². The van der Waals surface area contributed by atoms with E-state index < -0.39 is 0 Å². The fourth-order valence-corrected chi connectivity index (χ4v) is 3.18. The summed E-state index contributed by atoms with van der Waals surface area (Å²) < 4.78 is 11.2. The summed E-state index contributed by atoms with van der Waals surface area (Å²) >= 11 is 1.94. The van der Waals surface area contributed by atoms with E-state index in [-0.39, 0.29) is 6.10 Å². The standard InChI is InChI=1S/C14H20O2S/c1-3-15-9-11(2)16-10-13-8-12-6-4-5-7-14(12)17-13/h4-7,11,13H,3,8-10H2,1-2H3.